The summed E-state index contributed by atoms with van der Waals surface area (Å²) >= 11 is 0. The van der Waals surface area contributed by atoms with Gasteiger partial charge in [0.1, 0.15) is 5.82 Å². The number of aromatic nitrogens is 1. The number of carbonyl (C=O) groups is 1. The zero-order chi connectivity index (χ0) is 25.9. The highest BCUT2D eigenvalue weighted by Gasteiger charge is 2.32. The van der Waals surface area contributed by atoms with Crippen molar-refractivity contribution in [1.29, 1.82) is 0 Å². The second kappa shape index (κ2) is 11.0. The molecular weight excluding hydrogens is 469 g/mol. The Morgan fingerprint density at radius 1 is 1.14 bits per heavy atom. The minimum Gasteiger partial charge on any atom is -0.469 e. The number of aryl methyl sites for hydroxylation is 1. The van der Waals surface area contributed by atoms with Crippen LogP contribution in [0.25, 0.3) is 28.5 Å². The molecule has 0 aliphatic heterocycles. The molecule has 5 rings (SSSR count). The molecule has 2 N–H and O–H groups in total. The maximum Gasteiger partial charge on any atom is 0.308 e. The van der Waals surface area contributed by atoms with Crippen LogP contribution in [0.5, 0.6) is 0 Å². The molecule has 0 radical (unpaired) electrons. The molecule has 0 saturated heterocycles. The Morgan fingerprint density at radius 3 is 2.62 bits per heavy atom. The van der Waals surface area contributed by atoms with E-state index in [0.29, 0.717) is 5.92 Å². The van der Waals surface area contributed by atoms with E-state index in [1.807, 2.05) is 24.3 Å². The van der Waals surface area contributed by atoms with Gasteiger partial charge in [0.25, 0.3) is 0 Å². The number of methoxy groups -OCH3 is 1. The van der Waals surface area contributed by atoms with Gasteiger partial charge >= 0.3 is 5.97 Å². The SMILES string of the molecule is COC(=O)C[C@H](O)C[C@H](O)/C=C/c1c(C2CC2)nc2c(c1-c1ccc(F)cc1)CCCc1ccccc1-2. The molecule has 0 bridgehead atoms. The first kappa shape index (κ1) is 25.3. The standard InChI is InChI=1S/C31H32FNO4/c1-37-28(36)18-24(35)17-23(34)15-16-27-29(20-11-13-22(32)14-12-20)26-8-4-6-19-5-2-3-7-25(19)31(26)33-30(27)21-9-10-21/h2-3,5,7,11-16,21,23-24,34-35H,4,6,8-10,17-18H2,1H3/b16-15+/t23-,24-/m1/s1. The van der Waals surface area contributed by atoms with Crippen molar-refractivity contribution in [3.8, 4) is 22.4 Å². The lowest BCUT2D eigenvalue weighted by atomic mass is 9.87. The lowest BCUT2D eigenvalue weighted by Crippen LogP contribution is -2.20. The summed E-state index contributed by atoms with van der Waals surface area (Å²) in [6.45, 7) is 0. The number of esters is 1. The van der Waals surface area contributed by atoms with Gasteiger partial charge in [-0.2, -0.15) is 0 Å². The summed E-state index contributed by atoms with van der Waals surface area (Å²) in [7, 11) is 1.27. The molecule has 37 heavy (non-hydrogen) atoms. The van der Waals surface area contributed by atoms with Crippen molar-refractivity contribution in [2.24, 2.45) is 0 Å². The molecule has 2 aromatic carbocycles. The normalized spacial score (nSPS) is 16.5. The molecule has 2 aliphatic carbocycles. The predicted octanol–water partition coefficient (Wildman–Crippen LogP) is 5.61. The van der Waals surface area contributed by atoms with Crippen molar-refractivity contribution in [2.45, 2.75) is 63.1 Å². The number of aliphatic hydroxyl groups excluding tert-OH is 2. The Balaban J connectivity index is 1.62. The van der Waals surface area contributed by atoms with Crippen molar-refractivity contribution in [2.75, 3.05) is 7.11 Å². The van der Waals surface area contributed by atoms with Crippen molar-refractivity contribution in [1.82, 2.24) is 4.98 Å². The largest absolute Gasteiger partial charge is 0.469 e. The molecule has 1 saturated carbocycles. The number of hydrogen-bond donors (Lipinski definition) is 2. The number of ether oxygens (including phenoxy) is 1. The highest BCUT2D eigenvalue weighted by atomic mass is 19.1. The van der Waals surface area contributed by atoms with Gasteiger partial charge in [-0.25, -0.2) is 4.39 Å². The van der Waals surface area contributed by atoms with Crippen LogP contribution in [0.1, 0.15) is 60.4 Å². The van der Waals surface area contributed by atoms with Gasteiger partial charge in [-0.05, 0) is 66.5 Å². The van der Waals surface area contributed by atoms with Crippen LogP contribution in [0.2, 0.25) is 0 Å². The quantitative estimate of drug-likeness (QED) is 0.392. The third-order valence-electron chi connectivity index (χ3n) is 7.24. The number of pyridine rings is 1. The van der Waals surface area contributed by atoms with Gasteiger partial charge in [-0.15, -0.1) is 0 Å². The van der Waals surface area contributed by atoms with Crippen molar-refractivity contribution >= 4 is 12.0 Å². The zero-order valence-electron chi connectivity index (χ0n) is 21.0. The Kier molecular flexibility index (Phi) is 7.49. The molecule has 2 atom stereocenters. The van der Waals surface area contributed by atoms with E-state index in [9.17, 15) is 19.4 Å². The Bertz CT molecular complexity index is 1310. The van der Waals surface area contributed by atoms with Crippen LogP contribution in [-0.4, -0.2) is 40.5 Å². The summed E-state index contributed by atoms with van der Waals surface area (Å²) in [6, 6.07) is 15.0. The first-order valence-electron chi connectivity index (χ1n) is 13.0. The van der Waals surface area contributed by atoms with Gasteiger partial charge in [0.05, 0.1) is 37.1 Å². The van der Waals surface area contributed by atoms with Gasteiger partial charge in [0, 0.05) is 23.5 Å². The Hall–Kier alpha value is -3.35. The molecule has 192 valence electrons. The van der Waals surface area contributed by atoms with Crippen LogP contribution in [0.15, 0.2) is 54.6 Å². The number of benzene rings is 2. The minimum absolute atomic E-state index is 0.0159. The first-order valence-corrected chi connectivity index (χ1v) is 13.0. The molecule has 0 amide bonds. The molecule has 1 fully saturated rings. The number of fused-ring (bicyclic) bond motifs is 3. The number of nitrogens with zero attached hydrogens (tertiary/aromatic N) is 1. The van der Waals surface area contributed by atoms with E-state index < -0.39 is 18.2 Å². The maximum absolute atomic E-state index is 13.9. The van der Waals surface area contributed by atoms with Crippen molar-refractivity contribution in [3.63, 3.8) is 0 Å². The van der Waals surface area contributed by atoms with E-state index in [-0.39, 0.29) is 18.7 Å². The molecular formula is C31H32FNO4. The van der Waals surface area contributed by atoms with E-state index in [0.717, 1.165) is 71.3 Å². The molecule has 1 aromatic heterocycles. The highest BCUT2D eigenvalue weighted by Crippen LogP contribution is 2.47. The van der Waals surface area contributed by atoms with Gasteiger partial charge in [-0.1, -0.05) is 48.6 Å². The monoisotopic (exact) mass is 501 g/mol. The Morgan fingerprint density at radius 2 is 1.89 bits per heavy atom. The van der Waals surface area contributed by atoms with Gasteiger partial charge in [0.15, 0.2) is 0 Å². The van der Waals surface area contributed by atoms with E-state index >= 15 is 0 Å². The summed E-state index contributed by atoms with van der Waals surface area (Å²) in [5, 5.41) is 20.8. The summed E-state index contributed by atoms with van der Waals surface area (Å²) in [4.78, 5) is 16.7. The number of carbonyl (C=O) groups excluding carboxylic acids is 1. The van der Waals surface area contributed by atoms with Crippen molar-refractivity contribution < 1.29 is 24.1 Å². The maximum atomic E-state index is 13.9. The smallest absolute Gasteiger partial charge is 0.308 e. The third kappa shape index (κ3) is 5.65. The molecule has 3 aromatic rings. The lowest BCUT2D eigenvalue weighted by Gasteiger charge is -2.21. The van der Waals surface area contributed by atoms with Gasteiger partial charge < -0.3 is 14.9 Å². The van der Waals surface area contributed by atoms with E-state index in [1.54, 1.807) is 6.08 Å². The summed E-state index contributed by atoms with van der Waals surface area (Å²) in [5.41, 5.74) is 8.47. The molecule has 6 heteroatoms. The number of aliphatic hydroxyl groups is 2. The fourth-order valence-electron chi connectivity index (χ4n) is 5.25. The van der Waals surface area contributed by atoms with E-state index in [1.165, 1.54) is 24.8 Å². The van der Waals surface area contributed by atoms with Crippen molar-refractivity contribution in [3.05, 3.63) is 82.8 Å². The Labute approximate surface area is 216 Å². The molecule has 5 nitrogen and oxygen atoms in total. The van der Waals surface area contributed by atoms with Crippen LogP contribution < -0.4 is 0 Å². The summed E-state index contributed by atoms with van der Waals surface area (Å²) in [6.07, 6.45) is 6.34. The van der Waals surface area contributed by atoms with Crippen LogP contribution in [0.3, 0.4) is 0 Å². The number of halogens is 1. The second-order valence-corrected chi connectivity index (χ2v) is 10.0. The fraction of sp³-hybridized carbons (Fsp3) is 0.355. The predicted molar refractivity (Wildman–Crippen MR) is 141 cm³/mol. The summed E-state index contributed by atoms with van der Waals surface area (Å²) < 4.78 is 18.5. The number of rotatable bonds is 8. The first-order chi connectivity index (χ1) is 17.9. The van der Waals surface area contributed by atoms with Crippen LogP contribution in [0.4, 0.5) is 4.39 Å². The zero-order valence-corrected chi connectivity index (χ0v) is 21.0. The lowest BCUT2D eigenvalue weighted by molar-refractivity contribution is -0.143. The fourth-order valence-corrected chi connectivity index (χ4v) is 5.25. The molecule has 0 spiro atoms. The number of hydrogen-bond acceptors (Lipinski definition) is 5. The van der Waals surface area contributed by atoms with Crippen LogP contribution >= 0.6 is 0 Å². The second-order valence-electron chi connectivity index (χ2n) is 10.0. The highest BCUT2D eigenvalue weighted by molar-refractivity contribution is 5.86. The summed E-state index contributed by atoms with van der Waals surface area (Å²) in [5.74, 6) is -0.473. The topological polar surface area (TPSA) is 79.7 Å². The molecule has 2 aliphatic rings. The van der Waals surface area contributed by atoms with E-state index in [4.69, 9.17) is 4.98 Å². The third-order valence-corrected chi connectivity index (χ3v) is 7.24. The van der Waals surface area contributed by atoms with Gasteiger partial charge in [-0.3, -0.25) is 9.78 Å². The van der Waals surface area contributed by atoms with Gasteiger partial charge in [0.2, 0.25) is 0 Å². The van der Waals surface area contributed by atoms with Crippen LogP contribution in [0, 0.1) is 5.82 Å². The van der Waals surface area contributed by atoms with Crippen LogP contribution in [-0.2, 0) is 22.4 Å². The molecule has 0 unspecified atom stereocenters. The average molecular weight is 502 g/mol. The minimum atomic E-state index is -1.01. The molecule has 1 heterocycles. The average Bonchev–Trinajstić information content (AvgIpc) is 3.74. The van der Waals surface area contributed by atoms with E-state index in [2.05, 4.69) is 22.9 Å².